The van der Waals surface area contributed by atoms with Crippen LogP contribution in [-0.2, 0) is 0 Å². The molecule has 5 heteroatoms. The van der Waals surface area contributed by atoms with Gasteiger partial charge in [-0.25, -0.2) is 9.97 Å². The molecule has 0 aliphatic carbocycles. The van der Waals surface area contributed by atoms with Crippen molar-refractivity contribution in [2.24, 2.45) is 0 Å². The Balaban J connectivity index is 1.25. The molecule has 0 fully saturated rings. The maximum absolute atomic E-state index is 6.29. The molecule has 51 heavy (non-hydrogen) atoms. The van der Waals surface area contributed by atoms with E-state index in [2.05, 4.69) is 143 Å². The van der Waals surface area contributed by atoms with Crippen LogP contribution >= 0.6 is 0 Å². The van der Waals surface area contributed by atoms with Crippen molar-refractivity contribution in [3.8, 4) is 34.2 Å². The van der Waals surface area contributed by atoms with Crippen LogP contribution in [0.25, 0.3) is 99.7 Å². The molecule has 0 unspecified atom stereocenters. The molecule has 0 radical (unpaired) electrons. The van der Waals surface area contributed by atoms with Gasteiger partial charge in [-0.2, -0.15) is 0 Å². The van der Waals surface area contributed by atoms with E-state index in [0.29, 0.717) is 5.82 Å². The van der Waals surface area contributed by atoms with Crippen molar-refractivity contribution in [2.45, 2.75) is 0 Å². The molecular formula is C46H28N4O. The highest BCUT2D eigenvalue weighted by molar-refractivity contribution is 6.19. The quantitative estimate of drug-likeness (QED) is 0.190. The number of hydrogen-bond donors (Lipinski definition) is 0. The van der Waals surface area contributed by atoms with E-state index in [1.807, 2.05) is 36.4 Å². The normalized spacial score (nSPS) is 11.9. The largest absolute Gasteiger partial charge is 0.456 e. The van der Waals surface area contributed by atoms with Crippen LogP contribution in [0, 0.1) is 0 Å². The zero-order valence-corrected chi connectivity index (χ0v) is 27.4. The molecule has 11 aromatic rings. The lowest BCUT2D eigenvalue weighted by atomic mass is 10.1. The number of fused-ring (bicyclic) bond motifs is 9. The number of nitrogens with zero attached hydrogens (tertiary/aromatic N) is 4. The Morgan fingerprint density at radius 1 is 0.412 bits per heavy atom. The summed E-state index contributed by atoms with van der Waals surface area (Å²) in [7, 11) is 0. The van der Waals surface area contributed by atoms with Gasteiger partial charge in [0.25, 0.3) is 0 Å². The molecule has 238 valence electrons. The first-order chi connectivity index (χ1) is 25.3. The predicted octanol–water partition coefficient (Wildman–Crippen LogP) is 11.9. The number of aromatic nitrogens is 4. The summed E-state index contributed by atoms with van der Waals surface area (Å²) in [6.07, 6.45) is 0. The zero-order valence-electron chi connectivity index (χ0n) is 27.4. The van der Waals surface area contributed by atoms with Crippen molar-refractivity contribution in [3.05, 3.63) is 170 Å². The fourth-order valence-corrected chi connectivity index (χ4v) is 7.92. The first kappa shape index (κ1) is 27.9. The molecule has 0 atom stereocenters. The second kappa shape index (κ2) is 10.8. The molecular weight excluding hydrogens is 625 g/mol. The third-order valence-electron chi connectivity index (χ3n) is 10.1. The summed E-state index contributed by atoms with van der Waals surface area (Å²) in [4.78, 5) is 10.6. The van der Waals surface area contributed by atoms with Gasteiger partial charge in [0.15, 0.2) is 5.82 Å². The summed E-state index contributed by atoms with van der Waals surface area (Å²) in [6.45, 7) is 0. The molecule has 0 amide bonds. The van der Waals surface area contributed by atoms with Gasteiger partial charge in [0.1, 0.15) is 17.0 Å². The highest BCUT2D eigenvalue weighted by atomic mass is 16.3. The van der Waals surface area contributed by atoms with Gasteiger partial charge in [-0.3, -0.25) is 4.57 Å². The van der Waals surface area contributed by atoms with E-state index in [0.717, 1.165) is 61.3 Å². The van der Waals surface area contributed by atoms with Crippen LogP contribution in [0.4, 0.5) is 0 Å². The average Bonchev–Trinajstić information content (AvgIpc) is 3.85. The minimum atomic E-state index is 0.649. The van der Waals surface area contributed by atoms with Crippen molar-refractivity contribution < 1.29 is 4.42 Å². The SMILES string of the molecule is c1ccc(-c2cc(-n3c4ccccc4c4cc5c(cc43)c3ccccc3n5-c3ccccc3)nc(-c3cccc4oc5ccccc5c34)n2)cc1. The Morgan fingerprint density at radius 3 is 1.75 bits per heavy atom. The van der Waals surface area contributed by atoms with Gasteiger partial charge in [-0.05, 0) is 48.5 Å². The summed E-state index contributed by atoms with van der Waals surface area (Å²) >= 11 is 0. The molecule has 4 heterocycles. The fraction of sp³-hybridized carbons (Fsp3) is 0. The molecule has 0 N–H and O–H groups in total. The molecule has 0 bridgehead atoms. The lowest BCUT2D eigenvalue weighted by Gasteiger charge is -2.13. The molecule has 0 saturated carbocycles. The number of hydrogen-bond acceptors (Lipinski definition) is 3. The highest BCUT2D eigenvalue weighted by Gasteiger charge is 2.21. The van der Waals surface area contributed by atoms with Crippen molar-refractivity contribution >= 4 is 65.6 Å². The first-order valence-electron chi connectivity index (χ1n) is 17.2. The van der Waals surface area contributed by atoms with Crippen LogP contribution in [0.2, 0.25) is 0 Å². The van der Waals surface area contributed by atoms with Crippen molar-refractivity contribution in [2.75, 3.05) is 0 Å². The highest BCUT2D eigenvalue weighted by Crippen LogP contribution is 2.41. The number of furan rings is 1. The molecule has 5 nitrogen and oxygen atoms in total. The third kappa shape index (κ3) is 4.15. The summed E-state index contributed by atoms with van der Waals surface area (Å²) in [5.41, 5.74) is 10.2. The Kier molecular flexibility index (Phi) is 5.89. The number of benzene rings is 7. The van der Waals surface area contributed by atoms with E-state index < -0.39 is 0 Å². The third-order valence-corrected chi connectivity index (χ3v) is 10.1. The van der Waals surface area contributed by atoms with Gasteiger partial charge in [-0.1, -0.05) is 115 Å². The van der Waals surface area contributed by atoms with E-state index in [1.54, 1.807) is 0 Å². The van der Waals surface area contributed by atoms with E-state index in [4.69, 9.17) is 14.4 Å². The number of para-hydroxylation sites is 4. The maximum Gasteiger partial charge on any atom is 0.162 e. The van der Waals surface area contributed by atoms with E-state index in [1.165, 1.54) is 32.6 Å². The second-order valence-electron chi connectivity index (χ2n) is 13.0. The average molecular weight is 653 g/mol. The molecule has 4 aromatic heterocycles. The lowest BCUT2D eigenvalue weighted by Crippen LogP contribution is -2.02. The van der Waals surface area contributed by atoms with Crippen molar-refractivity contribution in [1.29, 1.82) is 0 Å². The molecule has 7 aromatic carbocycles. The fourth-order valence-electron chi connectivity index (χ4n) is 7.92. The first-order valence-corrected chi connectivity index (χ1v) is 17.2. The second-order valence-corrected chi connectivity index (χ2v) is 13.0. The minimum Gasteiger partial charge on any atom is -0.456 e. The van der Waals surface area contributed by atoms with Crippen LogP contribution < -0.4 is 0 Å². The minimum absolute atomic E-state index is 0.649. The molecule has 0 saturated heterocycles. The zero-order chi connectivity index (χ0) is 33.5. The van der Waals surface area contributed by atoms with Crippen LogP contribution in [-0.4, -0.2) is 19.1 Å². The standard InChI is InChI=1S/C46H28N4O/c1-3-14-29(15-4-1)37-28-44(48-46(47-37)34-21-13-25-43-45(34)33-20-9-12-24-42(33)51-43)50-39-23-11-8-19-32(39)36-26-40-35(27-41(36)50)31-18-7-10-22-38(31)49(40)30-16-5-2-6-17-30/h1-28H. The van der Waals surface area contributed by atoms with Crippen LogP contribution in [0.5, 0.6) is 0 Å². The van der Waals surface area contributed by atoms with E-state index in [-0.39, 0.29) is 0 Å². The van der Waals surface area contributed by atoms with Crippen molar-refractivity contribution in [1.82, 2.24) is 19.1 Å². The molecule has 0 aliphatic rings. The van der Waals surface area contributed by atoms with Gasteiger partial charge in [-0.15, -0.1) is 0 Å². The van der Waals surface area contributed by atoms with Crippen LogP contribution in [0.3, 0.4) is 0 Å². The summed E-state index contributed by atoms with van der Waals surface area (Å²) in [6, 6.07) is 59.5. The Morgan fingerprint density at radius 2 is 1.00 bits per heavy atom. The Bertz CT molecular complexity index is 3130. The van der Waals surface area contributed by atoms with Crippen LogP contribution in [0.15, 0.2) is 174 Å². The summed E-state index contributed by atoms with van der Waals surface area (Å²) < 4.78 is 11.0. The van der Waals surface area contributed by atoms with E-state index >= 15 is 0 Å². The van der Waals surface area contributed by atoms with Crippen LogP contribution in [0.1, 0.15) is 0 Å². The topological polar surface area (TPSA) is 48.8 Å². The monoisotopic (exact) mass is 652 g/mol. The maximum atomic E-state index is 6.29. The van der Waals surface area contributed by atoms with Gasteiger partial charge >= 0.3 is 0 Å². The summed E-state index contributed by atoms with van der Waals surface area (Å²) in [5, 5.41) is 6.81. The lowest BCUT2D eigenvalue weighted by molar-refractivity contribution is 0.669. The Labute approximate surface area is 292 Å². The number of rotatable bonds is 4. The predicted molar refractivity (Wildman–Crippen MR) is 209 cm³/mol. The molecule has 0 spiro atoms. The Hall–Kier alpha value is -6.98. The van der Waals surface area contributed by atoms with E-state index in [9.17, 15) is 0 Å². The van der Waals surface area contributed by atoms with Gasteiger partial charge < -0.3 is 8.98 Å². The molecule has 0 aliphatic heterocycles. The van der Waals surface area contributed by atoms with Gasteiger partial charge in [0.05, 0.1) is 27.8 Å². The summed E-state index contributed by atoms with van der Waals surface area (Å²) in [5.74, 6) is 1.46. The van der Waals surface area contributed by atoms with Gasteiger partial charge in [0, 0.05) is 55.2 Å². The smallest absolute Gasteiger partial charge is 0.162 e. The van der Waals surface area contributed by atoms with Crippen molar-refractivity contribution in [3.63, 3.8) is 0 Å². The van der Waals surface area contributed by atoms with Gasteiger partial charge in [0.2, 0.25) is 0 Å². The molecule has 11 rings (SSSR count).